The van der Waals surface area contributed by atoms with Gasteiger partial charge in [-0.2, -0.15) is 0 Å². The largest absolute Gasteiger partial charge is 0.275 e. The maximum absolute atomic E-state index is 11.8. The van der Waals surface area contributed by atoms with E-state index in [4.69, 9.17) is 12.8 Å². The van der Waals surface area contributed by atoms with E-state index >= 15 is 0 Å². The van der Waals surface area contributed by atoms with Crippen molar-refractivity contribution >= 4 is 0 Å². The van der Waals surface area contributed by atoms with Crippen molar-refractivity contribution in [3.63, 3.8) is 0 Å². The predicted octanol–water partition coefficient (Wildman–Crippen LogP) is 0.820. The lowest BCUT2D eigenvalue weighted by atomic mass is 10.4. The first-order valence-corrected chi connectivity index (χ1v) is 3.08. The van der Waals surface area contributed by atoms with Crippen LogP contribution in [0.5, 0.6) is 0 Å². The molecule has 0 amide bonds. The fourth-order valence-electron chi connectivity index (χ4n) is 0.638. The minimum atomic E-state index is -2.38. The Morgan fingerprint density at radius 2 is 1.64 bits per heavy atom. The number of nitrogens with zero attached hydrogens (tertiary/aromatic N) is 1. The molecule has 0 aliphatic carbocycles. The Morgan fingerprint density at radius 3 is 1.91 bits per heavy atom. The first kappa shape index (κ1) is 9.94. The minimum Gasteiger partial charge on any atom is -0.275 e. The molecule has 0 heterocycles. The van der Waals surface area contributed by atoms with E-state index < -0.39 is 6.43 Å². The van der Waals surface area contributed by atoms with E-state index in [0.717, 1.165) is 0 Å². The SMILES string of the molecule is C#CCN(CC#C)CC(F)F. The van der Waals surface area contributed by atoms with Crippen molar-refractivity contribution in [3.05, 3.63) is 0 Å². The van der Waals surface area contributed by atoms with Crippen molar-refractivity contribution in [2.75, 3.05) is 19.6 Å². The van der Waals surface area contributed by atoms with Crippen molar-refractivity contribution < 1.29 is 8.78 Å². The highest BCUT2D eigenvalue weighted by atomic mass is 19.3. The van der Waals surface area contributed by atoms with E-state index in [1.165, 1.54) is 4.90 Å². The van der Waals surface area contributed by atoms with Crippen molar-refractivity contribution in [3.8, 4) is 24.7 Å². The molecule has 0 aliphatic rings. The van der Waals surface area contributed by atoms with Crippen molar-refractivity contribution in [1.82, 2.24) is 4.90 Å². The second kappa shape index (κ2) is 5.70. The lowest BCUT2D eigenvalue weighted by molar-refractivity contribution is 0.101. The summed E-state index contributed by atoms with van der Waals surface area (Å²) in [6.07, 6.45) is 7.48. The topological polar surface area (TPSA) is 3.24 Å². The molecule has 3 heteroatoms. The van der Waals surface area contributed by atoms with Gasteiger partial charge in [-0.25, -0.2) is 8.78 Å². The van der Waals surface area contributed by atoms with E-state index in [1.807, 2.05) is 0 Å². The maximum atomic E-state index is 11.8. The molecule has 11 heavy (non-hydrogen) atoms. The molecule has 0 bridgehead atoms. The Bertz CT molecular complexity index is 160. The maximum Gasteiger partial charge on any atom is 0.251 e. The van der Waals surface area contributed by atoms with Gasteiger partial charge in [-0.3, -0.25) is 4.90 Å². The van der Waals surface area contributed by atoms with Crippen LogP contribution < -0.4 is 0 Å². The van der Waals surface area contributed by atoms with Gasteiger partial charge < -0.3 is 0 Å². The Hall–Kier alpha value is -1.06. The monoisotopic (exact) mass is 157 g/mol. The first-order chi connectivity index (χ1) is 5.20. The fraction of sp³-hybridized carbons (Fsp3) is 0.500. The molecule has 1 nitrogen and oxygen atoms in total. The van der Waals surface area contributed by atoms with Crippen LogP contribution in [0.2, 0.25) is 0 Å². The second-order valence-electron chi connectivity index (χ2n) is 1.97. The Labute approximate surface area is 65.4 Å². The first-order valence-electron chi connectivity index (χ1n) is 3.08. The molecule has 0 aromatic carbocycles. The molecule has 0 saturated carbocycles. The molecule has 0 rings (SSSR count). The number of halogens is 2. The molecule has 60 valence electrons. The van der Waals surface area contributed by atoms with Crippen LogP contribution in [0.3, 0.4) is 0 Å². The van der Waals surface area contributed by atoms with Crippen LogP contribution in [0.15, 0.2) is 0 Å². The van der Waals surface area contributed by atoms with Gasteiger partial charge in [0.25, 0.3) is 6.43 Å². The summed E-state index contributed by atoms with van der Waals surface area (Å²) in [7, 11) is 0. The highest BCUT2D eigenvalue weighted by Gasteiger charge is 2.08. The molecule has 0 atom stereocenters. The van der Waals surface area contributed by atoms with Crippen molar-refractivity contribution in [1.29, 1.82) is 0 Å². The Kier molecular flexibility index (Phi) is 5.15. The third-order valence-corrected chi connectivity index (χ3v) is 1.03. The van der Waals surface area contributed by atoms with Crippen LogP contribution in [-0.2, 0) is 0 Å². The summed E-state index contributed by atoms with van der Waals surface area (Å²) in [5.74, 6) is 4.51. The molecule has 0 spiro atoms. The average molecular weight is 157 g/mol. The molecule has 0 radical (unpaired) electrons. The standard InChI is InChI=1S/C8H9F2N/c1-3-5-11(6-4-2)7-8(9)10/h1-2,8H,5-7H2. The van der Waals surface area contributed by atoms with Crippen LogP contribution in [0.1, 0.15) is 0 Å². The number of rotatable bonds is 4. The lowest BCUT2D eigenvalue weighted by Gasteiger charge is -2.14. The van der Waals surface area contributed by atoms with E-state index in [0.29, 0.717) is 0 Å². The minimum absolute atomic E-state index is 0.175. The van der Waals surface area contributed by atoms with E-state index in [-0.39, 0.29) is 19.6 Å². The molecule has 0 unspecified atom stereocenters. The number of alkyl halides is 2. The summed E-state index contributed by atoms with van der Waals surface area (Å²) in [6, 6.07) is 0. The van der Waals surface area contributed by atoms with Gasteiger partial charge in [0.2, 0.25) is 0 Å². The van der Waals surface area contributed by atoms with Gasteiger partial charge in [-0.15, -0.1) is 12.8 Å². The molecule has 0 aliphatic heterocycles. The summed E-state index contributed by atoms with van der Waals surface area (Å²) in [5.41, 5.74) is 0. The van der Waals surface area contributed by atoms with Gasteiger partial charge in [0.1, 0.15) is 0 Å². The number of hydrogen-bond donors (Lipinski definition) is 0. The van der Waals surface area contributed by atoms with Gasteiger partial charge in [-0.1, -0.05) is 11.8 Å². The normalized spacial score (nSPS) is 9.64. The average Bonchev–Trinajstić information content (AvgIpc) is 1.87. The van der Waals surface area contributed by atoms with Crippen molar-refractivity contribution in [2.24, 2.45) is 0 Å². The molecule has 0 saturated heterocycles. The van der Waals surface area contributed by atoms with Gasteiger partial charge in [0, 0.05) is 0 Å². The van der Waals surface area contributed by atoms with Crippen LogP contribution in [0.25, 0.3) is 0 Å². The highest BCUT2D eigenvalue weighted by Crippen LogP contribution is 1.96. The Balaban J connectivity index is 3.73. The third kappa shape index (κ3) is 5.39. The summed E-state index contributed by atoms with van der Waals surface area (Å²) in [6.45, 7) is -0.00250. The van der Waals surface area contributed by atoms with Crippen LogP contribution >= 0.6 is 0 Å². The summed E-state index contributed by atoms with van der Waals surface area (Å²) >= 11 is 0. The quantitative estimate of drug-likeness (QED) is 0.546. The van der Waals surface area contributed by atoms with Crippen molar-refractivity contribution in [2.45, 2.75) is 6.43 Å². The number of terminal acetylenes is 2. The lowest BCUT2D eigenvalue weighted by Crippen LogP contribution is -2.29. The molecule has 0 N–H and O–H groups in total. The smallest absolute Gasteiger partial charge is 0.251 e. The zero-order chi connectivity index (χ0) is 8.69. The zero-order valence-corrected chi connectivity index (χ0v) is 6.06. The number of hydrogen-bond acceptors (Lipinski definition) is 1. The highest BCUT2D eigenvalue weighted by molar-refractivity contribution is 4.94. The fourth-order valence-corrected chi connectivity index (χ4v) is 0.638. The van der Waals surface area contributed by atoms with E-state index in [1.54, 1.807) is 0 Å². The summed E-state index contributed by atoms with van der Waals surface area (Å²) in [5, 5.41) is 0. The molecular formula is C8H9F2N. The van der Waals surface area contributed by atoms with Crippen LogP contribution in [-0.4, -0.2) is 31.0 Å². The van der Waals surface area contributed by atoms with Gasteiger partial charge in [-0.05, 0) is 0 Å². The van der Waals surface area contributed by atoms with Gasteiger partial charge in [0.15, 0.2) is 0 Å². The Morgan fingerprint density at radius 1 is 1.18 bits per heavy atom. The van der Waals surface area contributed by atoms with Crippen LogP contribution in [0, 0.1) is 24.7 Å². The molecule has 0 aromatic rings. The second-order valence-corrected chi connectivity index (χ2v) is 1.97. The zero-order valence-electron chi connectivity index (χ0n) is 6.06. The van der Waals surface area contributed by atoms with Gasteiger partial charge in [0.05, 0.1) is 19.6 Å². The summed E-state index contributed by atoms with van der Waals surface area (Å²) < 4.78 is 23.5. The summed E-state index contributed by atoms with van der Waals surface area (Å²) in [4.78, 5) is 1.34. The van der Waals surface area contributed by atoms with E-state index in [2.05, 4.69) is 11.8 Å². The predicted molar refractivity (Wildman–Crippen MR) is 40.1 cm³/mol. The van der Waals surface area contributed by atoms with E-state index in [9.17, 15) is 8.78 Å². The third-order valence-electron chi connectivity index (χ3n) is 1.03. The molecular weight excluding hydrogens is 148 g/mol. The molecule has 0 fully saturated rings. The van der Waals surface area contributed by atoms with Gasteiger partial charge >= 0.3 is 0 Å². The van der Waals surface area contributed by atoms with Crippen LogP contribution in [0.4, 0.5) is 8.78 Å². The molecule has 0 aromatic heterocycles.